The van der Waals surface area contributed by atoms with Crippen molar-refractivity contribution in [2.24, 2.45) is 0 Å². The average molecular weight is 264 g/mol. The highest BCUT2D eigenvalue weighted by molar-refractivity contribution is 5.44. The number of anilines is 2. The van der Waals surface area contributed by atoms with Crippen LogP contribution in [0.25, 0.3) is 0 Å². The van der Waals surface area contributed by atoms with Gasteiger partial charge in [0.15, 0.2) is 0 Å². The average Bonchev–Trinajstić information content (AvgIpc) is 2.45. The van der Waals surface area contributed by atoms with Crippen molar-refractivity contribution in [3.8, 4) is 0 Å². The predicted octanol–water partition coefficient (Wildman–Crippen LogP) is 2.30. The zero-order valence-electron chi connectivity index (χ0n) is 12.1. The van der Waals surface area contributed by atoms with Crippen LogP contribution in [0.4, 0.5) is 11.6 Å². The third-order valence-corrected chi connectivity index (χ3v) is 3.65. The molecule has 1 aromatic rings. The van der Waals surface area contributed by atoms with E-state index in [1.54, 1.807) is 13.3 Å². The molecule has 1 N–H and O–H groups in total. The monoisotopic (exact) mass is 264 g/mol. The molecule has 1 saturated heterocycles. The van der Waals surface area contributed by atoms with Crippen LogP contribution in [0.15, 0.2) is 12.4 Å². The first-order chi connectivity index (χ1) is 9.17. The lowest BCUT2D eigenvalue weighted by molar-refractivity contribution is -0.00482. The molecule has 1 aliphatic rings. The maximum Gasteiger partial charge on any atom is 0.149 e. The second kappa shape index (κ2) is 6.19. The lowest BCUT2D eigenvalue weighted by Crippen LogP contribution is -2.47. The van der Waals surface area contributed by atoms with E-state index in [1.165, 1.54) is 0 Å². The second-order valence-corrected chi connectivity index (χ2v) is 5.37. The fraction of sp³-hybridized carbons (Fsp3) is 0.714. The Hall–Kier alpha value is -1.36. The van der Waals surface area contributed by atoms with Gasteiger partial charge in [0.05, 0.1) is 18.0 Å². The van der Waals surface area contributed by atoms with Gasteiger partial charge in [-0.2, -0.15) is 0 Å². The lowest BCUT2D eigenvalue weighted by Gasteiger charge is -2.39. The summed E-state index contributed by atoms with van der Waals surface area (Å²) >= 11 is 0. The van der Waals surface area contributed by atoms with Crippen LogP contribution in [0.2, 0.25) is 0 Å². The van der Waals surface area contributed by atoms with Crippen LogP contribution >= 0.6 is 0 Å². The Kier molecular flexibility index (Phi) is 4.58. The quantitative estimate of drug-likeness (QED) is 0.884. The molecule has 0 saturated carbocycles. The number of methoxy groups -OCH3 is 1. The highest BCUT2D eigenvalue weighted by atomic mass is 16.5. The van der Waals surface area contributed by atoms with Gasteiger partial charge in [0.2, 0.25) is 0 Å². The highest BCUT2D eigenvalue weighted by Gasteiger charge is 2.31. The summed E-state index contributed by atoms with van der Waals surface area (Å²) in [5.74, 6) is 1.79. The molecule has 1 unspecified atom stereocenters. The van der Waals surface area contributed by atoms with E-state index in [-0.39, 0.29) is 5.60 Å². The number of piperidine rings is 1. The fourth-order valence-electron chi connectivity index (χ4n) is 2.41. The van der Waals surface area contributed by atoms with Crippen LogP contribution in [0.5, 0.6) is 0 Å². The Morgan fingerprint density at radius 2 is 2.32 bits per heavy atom. The van der Waals surface area contributed by atoms with Crippen LogP contribution in [-0.4, -0.2) is 42.3 Å². The van der Waals surface area contributed by atoms with E-state index < -0.39 is 0 Å². The van der Waals surface area contributed by atoms with Gasteiger partial charge in [-0.15, -0.1) is 0 Å². The van der Waals surface area contributed by atoms with Crippen molar-refractivity contribution in [3.63, 3.8) is 0 Å². The van der Waals surface area contributed by atoms with E-state index in [4.69, 9.17) is 4.74 Å². The zero-order valence-corrected chi connectivity index (χ0v) is 12.1. The number of ether oxygens (including phenoxy) is 1. The molecule has 106 valence electrons. The summed E-state index contributed by atoms with van der Waals surface area (Å²) in [4.78, 5) is 11.2. The molecular weight excluding hydrogens is 240 g/mol. The largest absolute Gasteiger partial charge is 0.377 e. The first-order valence-electron chi connectivity index (χ1n) is 7.03. The SMILES string of the molecule is CCCNc1cncc(N2CCCC(C)(OC)C2)n1. The molecule has 1 fully saturated rings. The van der Waals surface area contributed by atoms with Crippen LogP contribution < -0.4 is 10.2 Å². The van der Waals surface area contributed by atoms with Gasteiger partial charge >= 0.3 is 0 Å². The second-order valence-electron chi connectivity index (χ2n) is 5.37. The Morgan fingerprint density at radius 3 is 3.05 bits per heavy atom. The minimum Gasteiger partial charge on any atom is -0.377 e. The van der Waals surface area contributed by atoms with E-state index in [2.05, 4.69) is 34.0 Å². The minimum absolute atomic E-state index is 0.0766. The van der Waals surface area contributed by atoms with Crippen molar-refractivity contribution in [1.82, 2.24) is 9.97 Å². The first-order valence-corrected chi connectivity index (χ1v) is 7.03. The Balaban J connectivity index is 2.08. The van der Waals surface area contributed by atoms with Crippen molar-refractivity contribution >= 4 is 11.6 Å². The minimum atomic E-state index is -0.0766. The summed E-state index contributed by atoms with van der Waals surface area (Å²) in [6, 6.07) is 0. The molecule has 0 aliphatic carbocycles. The third-order valence-electron chi connectivity index (χ3n) is 3.65. The van der Waals surface area contributed by atoms with Gasteiger partial charge < -0.3 is 15.0 Å². The van der Waals surface area contributed by atoms with Crippen LogP contribution in [0.1, 0.15) is 33.1 Å². The smallest absolute Gasteiger partial charge is 0.149 e. The standard InChI is InChI=1S/C14H24N4O/c1-4-7-16-12-9-15-10-13(17-12)18-8-5-6-14(2,11-18)19-3/h9-10H,4-8,11H2,1-3H3,(H,16,17). The van der Waals surface area contributed by atoms with Crippen LogP contribution in [-0.2, 0) is 4.74 Å². The normalized spacial score (nSPS) is 23.4. The number of nitrogens with one attached hydrogen (secondary N) is 1. The molecule has 0 amide bonds. The van der Waals surface area contributed by atoms with Crippen molar-refractivity contribution in [2.45, 2.75) is 38.7 Å². The molecule has 5 heteroatoms. The summed E-state index contributed by atoms with van der Waals surface area (Å²) in [6.07, 6.45) is 6.91. The van der Waals surface area contributed by atoms with Gasteiger partial charge in [-0.1, -0.05) is 6.92 Å². The summed E-state index contributed by atoms with van der Waals surface area (Å²) in [5.41, 5.74) is -0.0766. The fourth-order valence-corrected chi connectivity index (χ4v) is 2.41. The molecule has 2 heterocycles. The summed E-state index contributed by atoms with van der Waals surface area (Å²) in [5, 5.41) is 3.28. The van der Waals surface area contributed by atoms with Gasteiger partial charge in [0.1, 0.15) is 11.6 Å². The number of aromatic nitrogens is 2. The molecular formula is C14H24N4O. The van der Waals surface area contributed by atoms with E-state index in [9.17, 15) is 0 Å². The molecule has 1 aliphatic heterocycles. The number of rotatable bonds is 5. The topological polar surface area (TPSA) is 50.3 Å². The molecule has 19 heavy (non-hydrogen) atoms. The predicted molar refractivity (Wildman–Crippen MR) is 77.7 cm³/mol. The van der Waals surface area contributed by atoms with E-state index in [0.29, 0.717) is 0 Å². The van der Waals surface area contributed by atoms with Crippen LogP contribution in [0, 0.1) is 0 Å². The molecule has 0 radical (unpaired) electrons. The maximum atomic E-state index is 5.62. The zero-order chi connectivity index (χ0) is 13.7. The van der Waals surface area contributed by atoms with E-state index >= 15 is 0 Å². The summed E-state index contributed by atoms with van der Waals surface area (Å²) in [6.45, 7) is 7.11. The number of nitrogens with zero attached hydrogens (tertiary/aromatic N) is 3. The van der Waals surface area contributed by atoms with E-state index in [0.717, 1.165) is 50.5 Å². The van der Waals surface area contributed by atoms with Gasteiger partial charge in [0, 0.05) is 26.7 Å². The van der Waals surface area contributed by atoms with Gasteiger partial charge in [-0.05, 0) is 26.2 Å². The van der Waals surface area contributed by atoms with E-state index in [1.807, 2.05) is 6.20 Å². The maximum absolute atomic E-state index is 5.62. The lowest BCUT2D eigenvalue weighted by atomic mass is 9.95. The van der Waals surface area contributed by atoms with Crippen molar-refractivity contribution < 1.29 is 4.74 Å². The third kappa shape index (κ3) is 3.56. The number of hydrogen-bond donors (Lipinski definition) is 1. The van der Waals surface area contributed by atoms with Crippen molar-refractivity contribution in [2.75, 3.05) is 37.0 Å². The molecule has 1 aromatic heterocycles. The van der Waals surface area contributed by atoms with Gasteiger partial charge in [-0.25, -0.2) is 4.98 Å². The molecule has 1 atom stereocenters. The Morgan fingerprint density at radius 1 is 1.47 bits per heavy atom. The molecule has 0 bridgehead atoms. The van der Waals surface area contributed by atoms with Crippen LogP contribution in [0.3, 0.4) is 0 Å². The highest BCUT2D eigenvalue weighted by Crippen LogP contribution is 2.27. The van der Waals surface area contributed by atoms with Gasteiger partial charge in [-0.3, -0.25) is 4.98 Å². The summed E-state index contributed by atoms with van der Waals surface area (Å²) < 4.78 is 5.62. The Bertz CT molecular complexity index is 412. The van der Waals surface area contributed by atoms with Crippen molar-refractivity contribution in [3.05, 3.63) is 12.4 Å². The molecule has 0 spiro atoms. The Labute approximate surface area is 115 Å². The molecule has 5 nitrogen and oxygen atoms in total. The molecule has 0 aromatic carbocycles. The van der Waals surface area contributed by atoms with Gasteiger partial charge in [0.25, 0.3) is 0 Å². The number of hydrogen-bond acceptors (Lipinski definition) is 5. The molecule has 2 rings (SSSR count). The first kappa shape index (κ1) is 14.1. The summed E-state index contributed by atoms with van der Waals surface area (Å²) in [7, 11) is 1.79. The van der Waals surface area contributed by atoms with Crippen molar-refractivity contribution in [1.29, 1.82) is 0 Å².